The van der Waals surface area contributed by atoms with Gasteiger partial charge in [-0.2, -0.15) is 0 Å². The number of carbonyl (C=O) groups is 1. The highest BCUT2D eigenvalue weighted by Crippen LogP contribution is 2.15. The highest BCUT2D eigenvalue weighted by molar-refractivity contribution is 5.77. The lowest BCUT2D eigenvalue weighted by molar-refractivity contribution is -0.122. The number of aromatic nitrogens is 3. The van der Waals surface area contributed by atoms with Crippen LogP contribution in [-0.4, -0.2) is 33.7 Å². The molecule has 1 amide bonds. The van der Waals surface area contributed by atoms with E-state index in [-0.39, 0.29) is 6.61 Å². The van der Waals surface area contributed by atoms with Crippen LogP contribution in [0.3, 0.4) is 0 Å². The van der Waals surface area contributed by atoms with Gasteiger partial charge in [-0.1, -0.05) is 0 Å². The maximum absolute atomic E-state index is 10.5. The average Bonchev–Trinajstić information content (AvgIpc) is 2.60. The molecule has 90 valence electrons. The Morgan fingerprint density at radius 1 is 1.53 bits per heavy atom. The van der Waals surface area contributed by atoms with E-state index in [1.807, 2.05) is 6.07 Å². The third-order valence-electron chi connectivity index (χ3n) is 2.28. The zero-order valence-electron chi connectivity index (χ0n) is 9.17. The molecule has 0 saturated heterocycles. The van der Waals surface area contributed by atoms with Crippen molar-refractivity contribution in [3.05, 3.63) is 18.5 Å². The van der Waals surface area contributed by atoms with Crippen molar-refractivity contribution < 1.29 is 9.53 Å². The van der Waals surface area contributed by atoms with Gasteiger partial charge in [-0.25, -0.2) is 4.98 Å². The lowest BCUT2D eigenvalue weighted by Gasteiger charge is -2.06. The number of hydrogen-bond donors (Lipinski definition) is 2. The van der Waals surface area contributed by atoms with Gasteiger partial charge < -0.3 is 20.8 Å². The van der Waals surface area contributed by atoms with Crippen LogP contribution in [0.15, 0.2) is 18.5 Å². The molecule has 17 heavy (non-hydrogen) atoms. The van der Waals surface area contributed by atoms with Gasteiger partial charge in [-0.15, -0.1) is 0 Å². The summed E-state index contributed by atoms with van der Waals surface area (Å²) in [5.41, 5.74) is 12.4. The molecule has 0 bridgehead atoms. The average molecular weight is 235 g/mol. The lowest BCUT2D eigenvalue weighted by Crippen LogP contribution is -2.20. The summed E-state index contributed by atoms with van der Waals surface area (Å²) in [6.07, 6.45) is 3.32. The lowest BCUT2D eigenvalue weighted by atomic mass is 10.4. The second-order valence-corrected chi connectivity index (χ2v) is 3.50. The molecule has 0 aliphatic heterocycles. The Balaban J connectivity index is 2.07. The number of hydrogen-bond acceptors (Lipinski definition) is 5. The number of anilines is 1. The number of nitrogens with zero attached hydrogens (tertiary/aromatic N) is 3. The first-order valence-electron chi connectivity index (χ1n) is 5.10. The summed E-state index contributed by atoms with van der Waals surface area (Å²) in [5, 5.41) is 0. The third-order valence-corrected chi connectivity index (χ3v) is 2.28. The summed E-state index contributed by atoms with van der Waals surface area (Å²) in [6, 6.07) is 1.83. The van der Waals surface area contributed by atoms with E-state index in [4.69, 9.17) is 16.2 Å². The van der Waals surface area contributed by atoms with Gasteiger partial charge in [0.25, 0.3) is 0 Å². The highest BCUT2D eigenvalue weighted by atomic mass is 16.5. The molecular weight excluding hydrogens is 222 g/mol. The fraction of sp³-hybridized carbons (Fsp3) is 0.300. The minimum absolute atomic E-state index is 0.0892. The van der Waals surface area contributed by atoms with Gasteiger partial charge in [-0.3, -0.25) is 9.78 Å². The first kappa shape index (κ1) is 11.3. The molecule has 2 heterocycles. The molecule has 4 N–H and O–H groups in total. The van der Waals surface area contributed by atoms with Crippen LogP contribution in [0, 0.1) is 0 Å². The number of amides is 1. The van der Waals surface area contributed by atoms with Crippen LogP contribution < -0.4 is 11.5 Å². The normalized spacial score (nSPS) is 10.8. The molecule has 0 aliphatic carbocycles. The van der Waals surface area contributed by atoms with Crippen molar-refractivity contribution in [1.29, 1.82) is 0 Å². The molecule has 7 heteroatoms. The minimum Gasteiger partial charge on any atom is -0.370 e. The topological polar surface area (TPSA) is 109 Å². The highest BCUT2D eigenvalue weighted by Gasteiger charge is 2.07. The molecule has 0 spiro atoms. The number of pyridine rings is 1. The van der Waals surface area contributed by atoms with Crippen LogP contribution in [0.1, 0.15) is 0 Å². The molecule has 0 aromatic carbocycles. The van der Waals surface area contributed by atoms with Crippen molar-refractivity contribution in [2.75, 3.05) is 18.9 Å². The zero-order valence-corrected chi connectivity index (χ0v) is 9.17. The number of ether oxygens (including phenoxy) is 1. The summed E-state index contributed by atoms with van der Waals surface area (Å²) in [4.78, 5) is 18.6. The number of primary amides is 1. The molecule has 0 saturated carbocycles. The maximum atomic E-state index is 10.5. The number of nitrogens with two attached hydrogens (primary N) is 2. The predicted octanol–water partition coefficient (Wildman–Crippen LogP) is -0.485. The van der Waals surface area contributed by atoms with E-state index >= 15 is 0 Å². The molecular formula is C10H13N5O2. The predicted molar refractivity (Wildman–Crippen MR) is 62.0 cm³/mol. The van der Waals surface area contributed by atoms with Gasteiger partial charge >= 0.3 is 0 Å². The number of fused-ring (bicyclic) bond motifs is 1. The molecule has 2 aromatic rings. The molecule has 0 aliphatic rings. The molecule has 0 fully saturated rings. The van der Waals surface area contributed by atoms with Crippen LogP contribution in [0.4, 0.5) is 5.95 Å². The van der Waals surface area contributed by atoms with E-state index in [2.05, 4.69) is 9.97 Å². The monoisotopic (exact) mass is 235 g/mol. The van der Waals surface area contributed by atoms with Crippen LogP contribution in [0.5, 0.6) is 0 Å². The molecule has 2 aromatic heterocycles. The van der Waals surface area contributed by atoms with E-state index < -0.39 is 5.91 Å². The fourth-order valence-corrected chi connectivity index (χ4v) is 1.56. The fourth-order valence-electron chi connectivity index (χ4n) is 1.56. The quantitative estimate of drug-likeness (QED) is 0.680. The van der Waals surface area contributed by atoms with Crippen LogP contribution in [-0.2, 0) is 16.1 Å². The largest absolute Gasteiger partial charge is 0.370 e. The third kappa shape index (κ3) is 2.51. The second kappa shape index (κ2) is 4.79. The number of rotatable bonds is 5. The second-order valence-electron chi connectivity index (χ2n) is 3.50. The van der Waals surface area contributed by atoms with E-state index in [0.717, 1.165) is 11.0 Å². The Kier molecular flexibility index (Phi) is 3.20. The van der Waals surface area contributed by atoms with Gasteiger partial charge in [0.1, 0.15) is 12.1 Å². The van der Waals surface area contributed by atoms with Gasteiger partial charge in [0.2, 0.25) is 11.9 Å². The van der Waals surface area contributed by atoms with Crippen LogP contribution in [0.25, 0.3) is 11.0 Å². The molecule has 7 nitrogen and oxygen atoms in total. The number of nitrogen functional groups attached to an aromatic ring is 1. The number of imidazole rings is 1. The zero-order chi connectivity index (χ0) is 12.3. The van der Waals surface area contributed by atoms with Crippen molar-refractivity contribution in [1.82, 2.24) is 14.5 Å². The minimum atomic E-state index is -0.488. The van der Waals surface area contributed by atoms with Gasteiger partial charge in [0, 0.05) is 12.7 Å². The Hall–Kier alpha value is -2.15. The SMILES string of the molecule is NC(=O)COCCn1c(N)nc2cnccc21. The van der Waals surface area contributed by atoms with Gasteiger partial charge in [0.15, 0.2) is 0 Å². The van der Waals surface area contributed by atoms with Crippen molar-refractivity contribution in [2.24, 2.45) is 5.73 Å². The molecule has 0 unspecified atom stereocenters. The summed E-state index contributed by atoms with van der Waals surface area (Å²) >= 11 is 0. The Morgan fingerprint density at radius 3 is 3.12 bits per heavy atom. The smallest absolute Gasteiger partial charge is 0.243 e. The summed E-state index contributed by atoms with van der Waals surface area (Å²) in [5.74, 6) is -0.0895. The van der Waals surface area contributed by atoms with Gasteiger partial charge in [-0.05, 0) is 6.07 Å². The Labute approximate surface area is 97.4 Å². The van der Waals surface area contributed by atoms with E-state index in [9.17, 15) is 4.79 Å². The number of carbonyl (C=O) groups excluding carboxylic acids is 1. The van der Waals surface area contributed by atoms with E-state index in [1.165, 1.54) is 0 Å². The van der Waals surface area contributed by atoms with Crippen molar-refractivity contribution >= 4 is 22.9 Å². The van der Waals surface area contributed by atoms with Crippen molar-refractivity contribution in [3.63, 3.8) is 0 Å². The van der Waals surface area contributed by atoms with E-state index in [0.29, 0.717) is 19.1 Å². The Morgan fingerprint density at radius 2 is 2.35 bits per heavy atom. The molecule has 0 radical (unpaired) electrons. The molecule has 2 rings (SSSR count). The summed E-state index contributed by atoms with van der Waals surface area (Å²) < 4.78 is 6.88. The van der Waals surface area contributed by atoms with Crippen molar-refractivity contribution in [2.45, 2.75) is 6.54 Å². The van der Waals surface area contributed by atoms with Crippen LogP contribution in [0.2, 0.25) is 0 Å². The maximum Gasteiger partial charge on any atom is 0.243 e. The van der Waals surface area contributed by atoms with Crippen LogP contribution >= 0.6 is 0 Å². The van der Waals surface area contributed by atoms with Crippen molar-refractivity contribution in [3.8, 4) is 0 Å². The van der Waals surface area contributed by atoms with E-state index in [1.54, 1.807) is 17.0 Å². The first-order chi connectivity index (χ1) is 8.18. The summed E-state index contributed by atoms with van der Waals surface area (Å²) in [6.45, 7) is 0.772. The van der Waals surface area contributed by atoms with Gasteiger partial charge in [0.05, 0.1) is 18.3 Å². The molecule has 0 atom stereocenters. The first-order valence-corrected chi connectivity index (χ1v) is 5.10. The Bertz CT molecular complexity index is 536. The standard InChI is InChI=1S/C10H13N5O2/c11-9(16)6-17-4-3-15-8-1-2-13-5-7(8)14-10(15)12/h1-2,5H,3-4,6H2,(H2,11,16)(H2,12,14). The summed E-state index contributed by atoms with van der Waals surface area (Å²) in [7, 11) is 0.